The van der Waals surface area contributed by atoms with Crippen molar-refractivity contribution in [3.8, 4) is 11.8 Å². The summed E-state index contributed by atoms with van der Waals surface area (Å²) < 4.78 is 43.6. The number of carbonyl (C=O) groups excluding carboxylic acids is 1. The molecule has 0 spiro atoms. The summed E-state index contributed by atoms with van der Waals surface area (Å²) in [6.07, 6.45) is 0. The Kier molecular flexibility index (Phi) is 14.8. The maximum Gasteiger partial charge on any atom is 1.00 e. The van der Waals surface area contributed by atoms with E-state index < -0.39 is 24.8 Å². The van der Waals surface area contributed by atoms with Gasteiger partial charge >= 0.3 is 78.3 Å². The van der Waals surface area contributed by atoms with Gasteiger partial charge < -0.3 is 17.4 Å². The molecule has 2 N–H and O–H groups in total. The third-order valence-electron chi connectivity index (χ3n) is 3.77. The van der Waals surface area contributed by atoms with Crippen molar-refractivity contribution in [3.63, 3.8) is 0 Å². The van der Waals surface area contributed by atoms with Crippen molar-refractivity contribution in [2.75, 3.05) is 12.4 Å². The van der Waals surface area contributed by atoms with Crippen molar-refractivity contribution in [2.24, 2.45) is 0 Å². The van der Waals surface area contributed by atoms with E-state index in [0.29, 0.717) is 34.8 Å². The molecule has 0 radical (unpaired) electrons. The first-order valence-electron chi connectivity index (χ1n) is 8.62. The van der Waals surface area contributed by atoms with E-state index in [9.17, 15) is 18.1 Å². The number of hydrogen-bond acceptors (Lipinski definition) is 4. The number of ether oxygens (including phenoxy) is 1. The van der Waals surface area contributed by atoms with E-state index in [1.165, 1.54) is 23.9 Å². The molecular weight excluding hydrogens is 547 g/mol. The average Bonchev–Trinajstić information content (AvgIpc) is 2.67. The van der Waals surface area contributed by atoms with Gasteiger partial charge in [-0.05, 0) is 36.8 Å². The first kappa shape index (κ1) is 32.3. The molecule has 0 amide bonds. The normalized spacial score (nSPS) is 10.8. The molecule has 2 aromatic carbocycles. The third kappa shape index (κ3) is 9.16. The second-order valence-electron chi connectivity index (χ2n) is 6.00. The smallest absolute Gasteiger partial charge is 1.00 e. The molecule has 0 heterocycles. The predicted molar refractivity (Wildman–Crippen MR) is 118 cm³/mol. The number of hydrogen-bond donors (Lipinski definition) is 2. The van der Waals surface area contributed by atoms with Crippen molar-refractivity contribution < 1.29 is 94.6 Å². The number of halogens is 3. The minimum atomic E-state index is -5.62. The van der Waals surface area contributed by atoms with Gasteiger partial charge in [-0.25, -0.2) is 4.79 Å². The van der Waals surface area contributed by atoms with Crippen LogP contribution in [0.4, 0.5) is 8.78 Å². The zero-order valence-corrected chi connectivity index (χ0v) is 25.1. The third-order valence-corrected chi connectivity index (χ3v) is 6.29. The summed E-state index contributed by atoms with van der Waals surface area (Å²) in [5.41, 5.74) is -3.23. The van der Waals surface area contributed by atoms with Gasteiger partial charge in [-0.2, -0.15) is 8.78 Å². The second-order valence-corrected chi connectivity index (χ2v) is 9.48. The van der Waals surface area contributed by atoms with Gasteiger partial charge in [-0.1, -0.05) is 46.0 Å². The molecule has 32 heavy (non-hydrogen) atoms. The number of benzene rings is 2. The zero-order valence-electron chi connectivity index (χ0n) is 19.8. The molecule has 0 unspecified atom stereocenters. The average molecular weight is 567 g/mol. The Morgan fingerprint density at radius 2 is 1.94 bits per heavy atom. The van der Waals surface area contributed by atoms with Gasteiger partial charge in [0.05, 0.1) is 17.9 Å². The Balaban J connectivity index is -0.00000240. The number of rotatable bonds is 7. The van der Waals surface area contributed by atoms with Gasteiger partial charge in [0.1, 0.15) is 0 Å². The quantitative estimate of drug-likeness (QED) is 0.153. The summed E-state index contributed by atoms with van der Waals surface area (Å²) in [4.78, 5) is 29.4. The minimum Gasteiger partial charge on any atom is -1.00 e. The fourth-order valence-corrected chi connectivity index (χ4v) is 4.37. The van der Waals surface area contributed by atoms with E-state index >= 15 is 0 Å². The van der Waals surface area contributed by atoms with Crippen LogP contribution in [-0.2, 0) is 20.7 Å². The molecule has 2 rings (SSSR count). The molecule has 0 aliphatic heterocycles. The van der Waals surface area contributed by atoms with E-state index in [1.54, 1.807) is 31.2 Å². The largest absolute Gasteiger partial charge is 1.00 e. The molecule has 0 bridgehead atoms. The maximum absolute atomic E-state index is 13.8. The van der Waals surface area contributed by atoms with Crippen LogP contribution in [0.1, 0.15) is 36.8 Å². The maximum atomic E-state index is 13.8. The Hall–Kier alpha value is 0.310. The van der Waals surface area contributed by atoms with Crippen LogP contribution in [0.15, 0.2) is 46.9 Å². The van der Waals surface area contributed by atoms with Crippen molar-refractivity contribution in [2.45, 2.75) is 18.3 Å². The Bertz CT molecular complexity index is 1050. The topological polar surface area (TPSA) is 83.8 Å². The Labute approximate surface area is 245 Å². The van der Waals surface area contributed by atoms with Crippen molar-refractivity contribution in [3.05, 3.63) is 69.2 Å². The summed E-state index contributed by atoms with van der Waals surface area (Å²) in [6, 6.07) is 10.6. The summed E-state index contributed by atoms with van der Waals surface area (Å²) in [6.45, 7) is 2.02. The van der Waals surface area contributed by atoms with E-state index in [-0.39, 0.29) is 66.4 Å². The van der Waals surface area contributed by atoms with Gasteiger partial charge in [-0.3, -0.25) is 4.57 Å². The van der Waals surface area contributed by atoms with Crippen LogP contribution in [0.5, 0.6) is 0 Å². The van der Waals surface area contributed by atoms with Gasteiger partial charge in [0.25, 0.3) is 0 Å². The summed E-state index contributed by atoms with van der Waals surface area (Å²) >= 11 is 4.40. The van der Waals surface area contributed by atoms with Gasteiger partial charge in [0, 0.05) is 21.4 Å². The number of esters is 1. The zero-order chi connectivity index (χ0) is 22.4. The molecule has 5 nitrogen and oxygen atoms in total. The van der Waals surface area contributed by atoms with Crippen LogP contribution in [0, 0.1) is 11.8 Å². The molecule has 164 valence electrons. The molecule has 0 saturated carbocycles. The van der Waals surface area contributed by atoms with Gasteiger partial charge in [-0.15, -0.1) is 11.8 Å². The first-order chi connectivity index (χ1) is 14.1. The number of thioether (sulfide) groups is 1. The Morgan fingerprint density at radius 3 is 2.53 bits per heavy atom. The van der Waals surface area contributed by atoms with E-state index in [4.69, 9.17) is 14.5 Å². The molecule has 0 atom stereocenters. The van der Waals surface area contributed by atoms with Crippen LogP contribution in [0.2, 0.25) is 0 Å². The van der Waals surface area contributed by atoms with Crippen molar-refractivity contribution >= 4 is 41.3 Å². The first-order valence-corrected chi connectivity index (χ1v) is 12.2. The van der Waals surface area contributed by atoms with Crippen LogP contribution in [0.25, 0.3) is 0 Å². The number of alkyl halides is 2. The standard InChI is InChI=1S/C20H18BrF2O5PS.2Na.2H/c1-2-28-19(24)16-7-3-5-14(11-16)6-4-10-30-13-15-8-9-17(18(21)12-15)20(22,23)29(25,26)27;;;;/h3,5,7-9,11-12H,2,10,13H2,1H3,(H2,25,26,27);;;;/q;2*+1;2*-1. The van der Waals surface area contributed by atoms with Crippen molar-refractivity contribution in [1.29, 1.82) is 0 Å². The van der Waals surface area contributed by atoms with E-state index in [2.05, 4.69) is 27.8 Å². The summed E-state index contributed by atoms with van der Waals surface area (Å²) in [5.74, 6) is 6.44. The Morgan fingerprint density at radius 1 is 1.25 bits per heavy atom. The van der Waals surface area contributed by atoms with Crippen LogP contribution in [0.3, 0.4) is 0 Å². The molecule has 12 heteroatoms. The molecule has 0 fully saturated rings. The van der Waals surface area contributed by atoms with Crippen LogP contribution in [-0.4, -0.2) is 28.1 Å². The monoisotopic (exact) mass is 566 g/mol. The summed E-state index contributed by atoms with van der Waals surface area (Å²) in [7, 11) is -5.62. The summed E-state index contributed by atoms with van der Waals surface area (Å²) in [5, 5.41) is 0. The minimum absolute atomic E-state index is 0. The van der Waals surface area contributed by atoms with Crippen molar-refractivity contribution in [1.82, 2.24) is 0 Å². The number of carbonyl (C=O) groups is 1. The molecule has 0 aliphatic carbocycles. The van der Waals surface area contributed by atoms with Gasteiger partial charge in [0.2, 0.25) is 0 Å². The fraction of sp³-hybridized carbons (Fsp3) is 0.250. The molecule has 2 aromatic rings. The molecule has 0 saturated heterocycles. The molecule has 0 aromatic heterocycles. The SMILES string of the molecule is CCOC(=O)c1cccc(C#CCSCc2ccc(C(F)(F)P(=O)(O)O)c(Br)c2)c1.[H-].[H-].[Na+].[Na+]. The second kappa shape index (κ2) is 14.7. The van der Waals surface area contributed by atoms with Crippen LogP contribution >= 0.6 is 35.3 Å². The predicted octanol–water partition coefficient (Wildman–Crippen LogP) is -0.629. The van der Waals surface area contributed by atoms with Gasteiger partial charge in [0.15, 0.2) is 0 Å². The fourth-order valence-electron chi connectivity index (χ4n) is 2.35. The van der Waals surface area contributed by atoms with E-state index in [0.717, 1.165) is 6.07 Å². The molecular formula is C20H20BrF2Na2O5PS. The van der Waals surface area contributed by atoms with Crippen LogP contribution < -0.4 is 59.1 Å². The van der Waals surface area contributed by atoms with E-state index in [1.807, 2.05) is 0 Å². The molecule has 0 aliphatic rings.